The van der Waals surface area contributed by atoms with Gasteiger partial charge in [0.25, 0.3) is 5.91 Å². The Morgan fingerprint density at radius 1 is 1.24 bits per heavy atom. The average Bonchev–Trinajstić information content (AvgIpc) is 3.18. The molecule has 29 heavy (non-hydrogen) atoms. The standard InChI is InChI=1S/C22H24N2O4S/c1-13(2)11-15-12-29-20(19(15)22(27)28-4)23-18(25)9-10-24-14(3)16-7-5-6-8-17(16)21(24)26/h5-8,12-13H,3,9-11H2,1-2,4H3,(H,23,25). The lowest BCUT2D eigenvalue weighted by molar-refractivity contribution is -0.116. The molecule has 1 aromatic heterocycles. The molecule has 3 rings (SSSR count). The van der Waals surface area contributed by atoms with E-state index >= 15 is 0 Å². The number of esters is 1. The smallest absolute Gasteiger partial charge is 0.341 e. The van der Waals surface area contributed by atoms with E-state index in [4.69, 9.17) is 4.74 Å². The number of rotatable bonds is 7. The minimum absolute atomic E-state index is 0.0940. The Morgan fingerprint density at radius 3 is 2.55 bits per heavy atom. The van der Waals surface area contributed by atoms with Gasteiger partial charge in [-0.2, -0.15) is 0 Å². The Morgan fingerprint density at radius 2 is 1.93 bits per heavy atom. The number of anilines is 1. The molecule has 0 spiro atoms. The molecule has 0 aliphatic carbocycles. The van der Waals surface area contributed by atoms with Gasteiger partial charge < -0.3 is 15.0 Å². The third-order valence-electron chi connectivity index (χ3n) is 4.74. The van der Waals surface area contributed by atoms with Crippen LogP contribution >= 0.6 is 11.3 Å². The number of hydrogen-bond acceptors (Lipinski definition) is 5. The predicted octanol–water partition coefficient (Wildman–Crippen LogP) is 4.19. The summed E-state index contributed by atoms with van der Waals surface area (Å²) in [4.78, 5) is 38.8. The first-order chi connectivity index (χ1) is 13.8. The van der Waals surface area contributed by atoms with Crippen molar-refractivity contribution in [3.63, 3.8) is 0 Å². The van der Waals surface area contributed by atoms with Crippen LogP contribution < -0.4 is 5.32 Å². The van der Waals surface area contributed by atoms with Crippen molar-refractivity contribution in [2.45, 2.75) is 26.7 Å². The molecule has 6 nitrogen and oxygen atoms in total. The van der Waals surface area contributed by atoms with Gasteiger partial charge in [-0.25, -0.2) is 4.79 Å². The number of hydrogen-bond donors (Lipinski definition) is 1. The van der Waals surface area contributed by atoms with Crippen molar-refractivity contribution in [1.82, 2.24) is 4.90 Å². The fraction of sp³-hybridized carbons (Fsp3) is 0.318. The first kappa shape index (κ1) is 20.8. The van der Waals surface area contributed by atoms with Gasteiger partial charge in [0.05, 0.1) is 12.7 Å². The van der Waals surface area contributed by atoms with E-state index < -0.39 is 5.97 Å². The SMILES string of the molecule is C=C1c2ccccc2C(=O)N1CCC(=O)Nc1scc(CC(C)C)c1C(=O)OC. The van der Waals surface area contributed by atoms with Crippen LogP contribution in [0.3, 0.4) is 0 Å². The first-order valence-electron chi connectivity index (χ1n) is 9.42. The lowest BCUT2D eigenvalue weighted by atomic mass is 10.0. The number of nitrogens with zero attached hydrogens (tertiary/aromatic N) is 1. The van der Waals surface area contributed by atoms with Crippen molar-refractivity contribution in [1.29, 1.82) is 0 Å². The molecule has 1 aliphatic heterocycles. The number of carbonyl (C=O) groups excluding carboxylic acids is 3. The summed E-state index contributed by atoms with van der Waals surface area (Å²) in [6, 6.07) is 7.26. The zero-order valence-corrected chi connectivity index (χ0v) is 17.6. The van der Waals surface area contributed by atoms with Crippen molar-refractivity contribution in [3.05, 3.63) is 58.5 Å². The van der Waals surface area contributed by atoms with Gasteiger partial charge in [0.15, 0.2) is 0 Å². The molecule has 2 heterocycles. The van der Waals surface area contributed by atoms with Crippen molar-refractivity contribution in [2.24, 2.45) is 5.92 Å². The van der Waals surface area contributed by atoms with Crippen LogP contribution in [0.25, 0.3) is 5.70 Å². The van der Waals surface area contributed by atoms with Crippen molar-refractivity contribution in [3.8, 4) is 0 Å². The molecule has 0 radical (unpaired) electrons. The van der Waals surface area contributed by atoms with E-state index in [1.165, 1.54) is 23.3 Å². The van der Waals surface area contributed by atoms with Crippen LogP contribution in [0, 0.1) is 5.92 Å². The number of amides is 2. The van der Waals surface area contributed by atoms with E-state index in [0.717, 1.165) is 17.5 Å². The van der Waals surface area contributed by atoms with E-state index in [1.807, 2.05) is 17.5 Å². The van der Waals surface area contributed by atoms with E-state index in [2.05, 4.69) is 25.7 Å². The normalized spacial score (nSPS) is 13.0. The van der Waals surface area contributed by atoms with Crippen LogP contribution in [0.4, 0.5) is 5.00 Å². The minimum Gasteiger partial charge on any atom is -0.465 e. The Bertz CT molecular complexity index is 942. The second-order valence-electron chi connectivity index (χ2n) is 7.30. The maximum atomic E-state index is 12.5. The fourth-order valence-electron chi connectivity index (χ4n) is 3.38. The molecule has 152 valence electrons. The molecule has 2 aromatic rings. The number of benzene rings is 1. The number of fused-ring (bicyclic) bond motifs is 1. The highest BCUT2D eigenvalue weighted by Crippen LogP contribution is 2.32. The molecule has 0 atom stereocenters. The van der Waals surface area contributed by atoms with E-state index in [1.54, 1.807) is 12.1 Å². The van der Waals surface area contributed by atoms with E-state index in [-0.39, 0.29) is 24.8 Å². The number of thiophene rings is 1. The predicted molar refractivity (Wildman–Crippen MR) is 114 cm³/mol. The molecule has 1 N–H and O–H groups in total. The molecule has 7 heteroatoms. The summed E-state index contributed by atoms with van der Waals surface area (Å²) in [5, 5.41) is 5.16. The van der Waals surface area contributed by atoms with Crippen molar-refractivity contribution >= 4 is 39.8 Å². The third-order valence-corrected chi connectivity index (χ3v) is 5.68. The maximum Gasteiger partial charge on any atom is 0.341 e. The number of carbonyl (C=O) groups is 3. The molecule has 1 aromatic carbocycles. The zero-order chi connectivity index (χ0) is 21.1. The Kier molecular flexibility index (Phi) is 6.17. The highest BCUT2D eigenvalue weighted by atomic mass is 32.1. The molecule has 0 fully saturated rings. The van der Waals surface area contributed by atoms with Crippen LogP contribution in [0.15, 0.2) is 36.2 Å². The lowest BCUT2D eigenvalue weighted by Crippen LogP contribution is -2.27. The second-order valence-corrected chi connectivity index (χ2v) is 8.18. The topological polar surface area (TPSA) is 75.7 Å². The summed E-state index contributed by atoms with van der Waals surface area (Å²) < 4.78 is 4.90. The fourth-order valence-corrected chi connectivity index (χ4v) is 4.35. The van der Waals surface area contributed by atoms with Gasteiger partial charge in [-0.15, -0.1) is 11.3 Å². The highest BCUT2D eigenvalue weighted by Gasteiger charge is 2.30. The molecule has 0 bridgehead atoms. The molecule has 1 aliphatic rings. The summed E-state index contributed by atoms with van der Waals surface area (Å²) in [5.74, 6) is -0.519. The minimum atomic E-state index is -0.462. The van der Waals surface area contributed by atoms with Gasteiger partial charge in [0.2, 0.25) is 5.91 Å². The third kappa shape index (κ3) is 4.24. The van der Waals surface area contributed by atoms with Gasteiger partial charge in [0.1, 0.15) is 5.00 Å². The van der Waals surface area contributed by atoms with Crippen LogP contribution in [0.1, 0.15) is 52.1 Å². The summed E-state index contributed by atoms with van der Waals surface area (Å²) >= 11 is 1.31. The molecule has 2 amide bonds. The summed E-state index contributed by atoms with van der Waals surface area (Å²) in [5.41, 5.74) is 3.27. The van der Waals surface area contributed by atoms with E-state index in [0.29, 0.717) is 27.7 Å². The number of nitrogens with one attached hydrogen (secondary N) is 1. The highest BCUT2D eigenvalue weighted by molar-refractivity contribution is 7.15. The average molecular weight is 413 g/mol. The molecule has 0 saturated carbocycles. The quantitative estimate of drug-likeness (QED) is 0.692. The Labute approximate surface area is 174 Å². The molecular weight excluding hydrogens is 388 g/mol. The molecule has 0 saturated heterocycles. The summed E-state index contributed by atoms with van der Waals surface area (Å²) in [6.07, 6.45) is 0.813. The number of ether oxygens (including phenoxy) is 1. The van der Waals surface area contributed by atoms with Crippen molar-refractivity contribution < 1.29 is 19.1 Å². The lowest BCUT2D eigenvalue weighted by Gasteiger charge is -2.17. The summed E-state index contributed by atoms with van der Waals surface area (Å²) in [6.45, 7) is 8.33. The van der Waals surface area contributed by atoms with Crippen LogP contribution in [0.2, 0.25) is 0 Å². The van der Waals surface area contributed by atoms with Gasteiger partial charge in [-0.1, -0.05) is 38.6 Å². The Balaban J connectivity index is 1.68. The monoisotopic (exact) mass is 412 g/mol. The van der Waals surface area contributed by atoms with Gasteiger partial charge in [0, 0.05) is 29.8 Å². The van der Waals surface area contributed by atoms with E-state index in [9.17, 15) is 14.4 Å². The van der Waals surface area contributed by atoms with Crippen LogP contribution in [0.5, 0.6) is 0 Å². The van der Waals surface area contributed by atoms with Gasteiger partial charge >= 0.3 is 5.97 Å². The maximum absolute atomic E-state index is 12.5. The van der Waals surface area contributed by atoms with Gasteiger partial charge in [-0.05, 0) is 29.3 Å². The largest absolute Gasteiger partial charge is 0.465 e. The van der Waals surface area contributed by atoms with Crippen LogP contribution in [-0.2, 0) is 16.0 Å². The first-order valence-corrected chi connectivity index (χ1v) is 10.3. The zero-order valence-electron chi connectivity index (χ0n) is 16.8. The number of methoxy groups -OCH3 is 1. The molecule has 0 unspecified atom stereocenters. The van der Waals surface area contributed by atoms with Gasteiger partial charge in [-0.3, -0.25) is 9.59 Å². The van der Waals surface area contributed by atoms with Crippen molar-refractivity contribution in [2.75, 3.05) is 19.0 Å². The van der Waals surface area contributed by atoms with Crippen LogP contribution in [-0.4, -0.2) is 36.3 Å². The second kappa shape index (κ2) is 8.61. The Hall–Kier alpha value is -2.93. The molecular formula is C22H24N2O4S. The summed E-state index contributed by atoms with van der Waals surface area (Å²) in [7, 11) is 1.33.